The lowest BCUT2D eigenvalue weighted by Gasteiger charge is -2.14. The molecular formula is C15H17FN2O2S. The first-order valence-corrected chi connectivity index (χ1v) is 8.04. The first-order valence-electron chi connectivity index (χ1n) is 6.49. The quantitative estimate of drug-likeness (QED) is 0.892. The van der Waals surface area contributed by atoms with Gasteiger partial charge < -0.3 is 5.32 Å². The van der Waals surface area contributed by atoms with E-state index in [1.807, 2.05) is 37.3 Å². The van der Waals surface area contributed by atoms with Crippen molar-refractivity contribution in [2.75, 3.05) is 11.9 Å². The highest BCUT2D eigenvalue weighted by molar-refractivity contribution is 7.89. The number of halogens is 1. The molecule has 0 amide bonds. The molecule has 1 unspecified atom stereocenters. The Balaban J connectivity index is 2.07. The average Bonchev–Trinajstić information content (AvgIpc) is 2.45. The first kappa shape index (κ1) is 15.5. The summed E-state index contributed by atoms with van der Waals surface area (Å²) in [7, 11) is -3.88. The fourth-order valence-corrected chi connectivity index (χ4v) is 2.50. The van der Waals surface area contributed by atoms with Crippen molar-refractivity contribution in [3.05, 3.63) is 59.9 Å². The van der Waals surface area contributed by atoms with Gasteiger partial charge in [0.1, 0.15) is 5.82 Å². The van der Waals surface area contributed by atoms with Gasteiger partial charge in [0, 0.05) is 6.54 Å². The van der Waals surface area contributed by atoms with E-state index in [0.29, 0.717) is 6.54 Å². The maximum Gasteiger partial charge on any atom is 0.238 e. The third-order valence-electron chi connectivity index (χ3n) is 3.24. The molecule has 0 spiro atoms. The number of rotatable bonds is 5. The van der Waals surface area contributed by atoms with Gasteiger partial charge in [-0.3, -0.25) is 0 Å². The van der Waals surface area contributed by atoms with E-state index in [-0.39, 0.29) is 16.5 Å². The Morgan fingerprint density at radius 2 is 1.86 bits per heavy atom. The van der Waals surface area contributed by atoms with Crippen LogP contribution in [-0.2, 0) is 10.0 Å². The number of hydrogen-bond acceptors (Lipinski definition) is 3. The van der Waals surface area contributed by atoms with Gasteiger partial charge in [-0.2, -0.15) is 0 Å². The monoisotopic (exact) mass is 308 g/mol. The molecule has 2 aromatic rings. The maximum absolute atomic E-state index is 13.9. The van der Waals surface area contributed by atoms with Gasteiger partial charge in [0.15, 0.2) is 0 Å². The van der Waals surface area contributed by atoms with Crippen molar-refractivity contribution in [1.29, 1.82) is 0 Å². The number of nitrogens with one attached hydrogen (secondary N) is 1. The molecule has 0 aliphatic carbocycles. The summed E-state index contributed by atoms with van der Waals surface area (Å²) in [5.41, 5.74) is 1.40. The van der Waals surface area contributed by atoms with Gasteiger partial charge in [-0.1, -0.05) is 37.3 Å². The zero-order valence-electron chi connectivity index (χ0n) is 11.6. The average molecular weight is 308 g/mol. The van der Waals surface area contributed by atoms with E-state index in [0.717, 1.165) is 11.6 Å². The molecule has 0 aromatic heterocycles. The summed E-state index contributed by atoms with van der Waals surface area (Å²) < 4.78 is 36.1. The summed E-state index contributed by atoms with van der Waals surface area (Å²) in [4.78, 5) is -0.235. The summed E-state index contributed by atoms with van der Waals surface area (Å²) in [6.07, 6.45) is 0. The van der Waals surface area contributed by atoms with E-state index < -0.39 is 15.8 Å². The van der Waals surface area contributed by atoms with Gasteiger partial charge in [-0.05, 0) is 29.7 Å². The van der Waals surface area contributed by atoms with Gasteiger partial charge >= 0.3 is 0 Å². The van der Waals surface area contributed by atoms with E-state index in [1.165, 1.54) is 12.1 Å². The first-order chi connectivity index (χ1) is 9.88. The van der Waals surface area contributed by atoms with Crippen LogP contribution in [0.4, 0.5) is 10.1 Å². The molecule has 0 heterocycles. The molecule has 0 saturated carbocycles. The van der Waals surface area contributed by atoms with E-state index in [9.17, 15) is 12.8 Å². The molecule has 0 radical (unpaired) electrons. The summed E-state index contributed by atoms with van der Waals surface area (Å²) in [5.74, 6) is -0.440. The van der Waals surface area contributed by atoms with Crippen LogP contribution in [0.2, 0.25) is 0 Å². The second-order valence-electron chi connectivity index (χ2n) is 4.88. The fraction of sp³-hybridized carbons (Fsp3) is 0.200. The third kappa shape index (κ3) is 4.03. The summed E-state index contributed by atoms with van der Waals surface area (Å²) >= 11 is 0. The van der Waals surface area contributed by atoms with Gasteiger partial charge in [-0.15, -0.1) is 0 Å². The molecule has 21 heavy (non-hydrogen) atoms. The molecule has 4 nitrogen and oxygen atoms in total. The zero-order valence-corrected chi connectivity index (χ0v) is 12.4. The van der Waals surface area contributed by atoms with E-state index >= 15 is 0 Å². The van der Waals surface area contributed by atoms with E-state index in [4.69, 9.17) is 5.14 Å². The summed E-state index contributed by atoms with van der Waals surface area (Å²) in [6.45, 7) is 2.56. The van der Waals surface area contributed by atoms with Gasteiger partial charge in [-0.25, -0.2) is 17.9 Å². The van der Waals surface area contributed by atoms with Gasteiger partial charge in [0.25, 0.3) is 0 Å². The normalized spacial score (nSPS) is 12.9. The Kier molecular flexibility index (Phi) is 4.59. The highest BCUT2D eigenvalue weighted by atomic mass is 32.2. The van der Waals surface area contributed by atoms with E-state index in [2.05, 4.69) is 5.32 Å². The number of nitrogens with two attached hydrogens (primary N) is 1. The minimum absolute atomic E-state index is 0.198. The smallest absolute Gasteiger partial charge is 0.238 e. The number of benzene rings is 2. The minimum atomic E-state index is -3.88. The molecule has 0 aliphatic rings. The molecule has 6 heteroatoms. The molecule has 3 N–H and O–H groups in total. The fourth-order valence-electron chi connectivity index (χ4n) is 1.98. The SMILES string of the molecule is CC(CNc1ccc(S(N)(=O)=O)cc1F)c1ccccc1. The van der Waals surface area contributed by atoms with E-state index in [1.54, 1.807) is 0 Å². The lowest BCUT2D eigenvalue weighted by Crippen LogP contribution is -2.14. The molecule has 2 rings (SSSR count). The van der Waals surface area contributed by atoms with Crippen LogP contribution in [-0.4, -0.2) is 15.0 Å². The number of anilines is 1. The summed E-state index contributed by atoms with van der Waals surface area (Å²) in [6, 6.07) is 13.4. The molecule has 2 aromatic carbocycles. The van der Waals surface area contributed by atoms with Crippen molar-refractivity contribution >= 4 is 15.7 Å². The largest absolute Gasteiger partial charge is 0.382 e. The zero-order chi connectivity index (χ0) is 15.5. The number of sulfonamides is 1. The maximum atomic E-state index is 13.9. The van der Waals surface area contributed by atoms with Gasteiger partial charge in [0.2, 0.25) is 10.0 Å². The van der Waals surface area contributed by atoms with Crippen molar-refractivity contribution in [2.45, 2.75) is 17.7 Å². The second-order valence-corrected chi connectivity index (χ2v) is 6.44. The van der Waals surface area contributed by atoms with Crippen molar-refractivity contribution in [2.24, 2.45) is 5.14 Å². The Morgan fingerprint density at radius 3 is 2.43 bits per heavy atom. The number of primary sulfonamides is 1. The highest BCUT2D eigenvalue weighted by Crippen LogP contribution is 2.20. The molecule has 0 saturated heterocycles. The lowest BCUT2D eigenvalue weighted by atomic mass is 10.0. The topological polar surface area (TPSA) is 72.2 Å². The predicted molar refractivity (Wildman–Crippen MR) is 81.1 cm³/mol. The van der Waals surface area contributed by atoms with Crippen LogP contribution in [0.25, 0.3) is 0 Å². The van der Waals surface area contributed by atoms with Crippen molar-refractivity contribution in [3.63, 3.8) is 0 Å². The van der Waals surface area contributed by atoms with Crippen molar-refractivity contribution in [1.82, 2.24) is 0 Å². The van der Waals surface area contributed by atoms with Gasteiger partial charge in [0.05, 0.1) is 10.6 Å². The molecule has 0 aliphatic heterocycles. The molecular weight excluding hydrogens is 291 g/mol. The summed E-state index contributed by atoms with van der Waals surface area (Å²) in [5, 5.41) is 7.94. The third-order valence-corrected chi connectivity index (χ3v) is 4.15. The predicted octanol–water partition coefficient (Wildman–Crippen LogP) is 2.69. The Labute approximate surface area is 123 Å². The standard InChI is InChI=1S/C15H17FN2O2S/c1-11(12-5-3-2-4-6-12)10-18-15-8-7-13(9-14(15)16)21(17,19)20/h2-9,11,18H,10H2,1H3,(H2,17,19,20). The molecule has 112 valence electrons. The lowest BCUT2D eigenvalue weighted by molar-refractivity contribution is 0.592. The Morgan fingerprint density at radius 1 is 1.19 bits per heavy atom. The number of hydrogen-bond donors (Lipinski definition) is 2. The van der Waals surface area contributed by atoms with Crippen LogP contribution in [0.3, 0.4) is 0 Å². The van der Waals surface area contributed by atoms with Crippen LogP contribution in [0.5, 0.6) is 0 Å². The van der Waals surface area contributed by atoms with Crippen LogP contribution < -0.4 is 10.5 Å². The van der Waals surface area contributed by atoms with Crippen LogP contribution in [0.1, 0.15) is 18.4 Å². The van der Waals surface area contributed by atoms with Crippen LogP contribution >= 0.6 is 0 Å². The van der Waals surface area contributed by atoms with Crippen molar-refractivity contribution < 1.29 is 12.8 Å². The molecule has 1 atom stereocenters. The second kappa shape index (κ2) is 6.24. The molecule has 0 fully saturated rings. The van der Waals surface area contributed by atoms with Crippen LogP contribution in [0, 0.1) is 5.82 Å². The minimum Gasteiger partial charge on any atom is -0.382 e. The Hall–Kier alpha value is -1.92. The van der Waals surface area contributed by atoms with Crippen LogP contribution in [0.15, 0.2) is 53.4 Å². The highest BCUT2D eigenvalue weighted by Gasteiger charge is 2.12. The van der Waals surface area contributed by atoms with Crippen molar-refractivity contribution in [3.8, 4) is 0 Å². The Bertz CT molecular complexity index is 718. The molecule has 0 bridgehead atoms.